The average molecular weight is 223 g/mol. The summed E-state index contributed by atoms with van der Waals surface area (Å²) in [7, 11) is 0. The van der Waals surface area contributed by atoms with Gasteiger partial charge in [0.25, 0.3) is 0 Å². The van der Waals surface area contributed by atoms with Crippen molar-refractivity contribution in [3.63, 3.8) is 0 Å². The lowest BCUT2D eigenvalue weighted by Crippen LogP contribution is -1.99. The van der Waals surface area contributed by atoms with Crippen molar-refractivity contribution < 1.29 is 14.6 Å². The van der Waals surface area contributed by atoms with Gasteiger partial charge in [-0.15, -0.1) is 0 Å². The molecule has 0 aromatic heterocycles. The SMILES string of the molecule is CCCCOc1cc([CH]O)cc(OCC)c1. The van der Waals surface area contributed by atoms with Gasteiger partial charge >= 0.3 is 0 Å². The second-order valence-corrected chi connectivity index (χ2v) is 3.50. The molecule has 16 heavy (non-hydrogen) atoms. The highest BCUT2D eigenvalue weighted by Crippen LogP contribution is 2.23. The first-order valence-corrected chi connectivity index (χ1v) is 5.68. The Balaban J connectivity index is 2.69. The summed E-state index contributed by atoms with van der Waals surface area (Å²) in [6.45, 7) is 6.38. The standard InChI is InChI=1S/C13H19O3/c1-3-5-6-16-13-8-11(10-14)7-12(9-13)15-4-2/h7-10,14H,3-6H2,1-2H3. The van der Waals surface area contributed by atoms with E-state index in [-0.39, 0.29) is 0 Å². The predicted octanol–water partition coefficient (Wildman–Crippen LogP) is 3.15. The summed E-state index contributed by atoms with van der Waals surface area (Å²) in [6.07, 6.45) is 2.13. The number of benzene rings is 1. The third kappa shape index (κ3) is 4.11. The van der Waals surface area contributed by atoms with Gasteiger partial charge in [0.1, 0.15) is 18.1 Å². The maximum Gasteiger partial charge on any atom is 0.123 e. The van der Waals surface area contributed by atoms with Crippen LogP contribution >= 0.6 is 0 Å². The van der Waals surface area contributed by atoms with E-state index >= 15 is 0 Å². The second kappa shape index (κ2) is 7.12. The van der Waals surface area contributed by atoms with Crippen LogP contribution in [0.2, 0.25) is 0 Å². The van der Waals surface area contributed by atoms with Crippen LogP contribution in [0.15, 0.2) is 18.2 Å². The van der Waals surface area contributed by atoms with Crippen LogP contribution in [0.1, 0.15) is 32.3 Å². The maximum atomic E-state index is 8.99. The molecule has 0 aliphatic rings. The number of unbranched alkanes of at least 4 members (excludes halogenated alkanes) is 1. The van der Waals surface area contributed by atoms with E-state index in [2.05, 4.69) is 6.92 Å². The first kappa shape index (κ1) is 12.8. The Morgan fingerprint density at radius 3 is 2.38 bits per heavy atom. The summed E-state index contributed by atoms with van der Waals surface area (Å²) < 4.78 is 10.9. The smallest absolute Gasteiger partial charge is 0.123 e. The Labute approximate surface area is 97.0 Å². The minimum Gasteiger partial charge on any atom is -0.494 e. The van der Waals surface area contributed by atoms with Crippen molar-refractivity contribution in [2.24, 2.45) is 0 Å². The van der Waals surface area contributed by atoms with Crippen molar-refractivity contribution in [2.45, 2.75) is 26.7 Å². The molecule has 0 saturated carbocycles. The molecule has 0 aliphatic heterocycles. The van der Waals surface area contributed by atoms with Crippen LogP contribution in [0.3, 0.4) is 0 Å². The molecular weight excluding hydrogens is 204 g/mol. The average Bonchev–Trinajstić information content (AvgIpc) is 2.29. The summed E-state index contributed by atoms with van der Waals surface area (Å²) in [5.41, 5.74) is 0.692. The van der Waals surface area contributed by atoms with E-state index in [0.717, 1.165) is 30.9 Å². The molecule has 0 bridgehead atoms. The zero-order valence-electron chi connectivity index (χ0n) is 9.90. The molecule has 0 atom stereocenters. The fourth-order valence-electron chi connectivity index (χ4n) is 1.34. The zero-order valence-corrected chi connectivity index (χ0v) is 9.90. The highest BCUT2D eigenvalue weighted by Gasteiger charge is 2.02. The summed E-state index contributed by atoms with van der Waals surface area (Å²) in [6, 6.07) is 5.40. The molecule has 0 fully saturated rings. The number of hydrogen-bond acceptors (Lipinski definition) is 3. The Morgan fingerprint density at radius 1 is 1.12 bits per heavy atom. The minimum absolute atomic E-state index is 0.600. The third-order valence-corrected chi connectivity index (χ3v) is 2.13. The molecule has 3 nitrogen and oxygen atoms in total. The molecule has 89 valence electrons. The van der Waals surface area contributed by atoms with E-state index in [4.69, 9.17) is 14.6 Å². The van der Waals surface area contributed by atoms with Gasteiger partial charge < -0.3 is 14.6 Å². The van der Waals surface area contributed by atoms with Crippen molar-refractivity contribution in [1.82, 2.24) is 0 Å². The monoisotopic (exact) mass is 223 g/mol. The molecule has 1 rings (SSSR count). The van der Waals surface area contributed by atoms with Gasteiger partial charge in [0, 0.05) is 6.07 Å². The first-order valence-electron chi connectivity index (χ1n) is 5.68. The Morgan fingerprint density at radius 2 is 1.81 bits per heavy atom. The van der Waals surface area contributed by atoms with Crippen molar-refractivity contribution in [3.8, 4) is 11.5 Å². The Kier molecular flexibility index (Phi) is 5.72. The van der Waals surface area contributed by atoms with Gasteiger partial charge in [-0.3, -0.25) is 0 Å². The quantitative estimate of drug-likeness (QED) is 0.722. The number of ether oxygens (including phenoxy) is 2. The second-order valence-electron chi connectivity index (χ2n) is 3.50. The van der Waals surface area contributed by atoms with Gasteiger partial charge in [0.15, 0.2) is 0 Å². The molecular formula is C13H19O3. The van der Waals surface area contributed by atoms with Crippen molar-refractivity contribution in [1.29, 1.82) is 0 Å². The molecule has 0 spiro atoms. The highest BCUT2D eigenvalue weighted by atomic mass is 16.5. The summed E-state index contributed by atoms with van der Waals surface area (Å²) in [5, 5.41) is 8.99. The topological polar surface area (TPSA) is 38.7 Å². The van der Waals surface area contributed by atoms with Crippen molar-refractivity contribution in [3.05, 3.63) is 30.4 Å². The van der Waals surface area contributed by atoms with Crippen LogP contribution < -0.4 is 9.47 Å². The molecule has 3 heteroatoms. The fraction of sp³-hybridized carbons (Fsp3) is 0.462. The number of aliphatic hydroxyl groups excluding tert-OH is 1. The molecule has 0 heterocycles. The van der Waals surface area contributed by atoms with E-state index in [9.17, 15) is 0 Å². The zero-order chi connectivity index (χ0) is 11.8. The van der Waals surface area contributed by atoms with Gasteiger partial charge in [-0.2, -0.15) is 0 Å². The third-order valence-electron chi connectivity index (χ3n) is 2.13. The molecule has 1 aromatic rings. The lowest BCUT2D eigenvalue weighted by molar-refractivity contribution is 0.301. The summed E-state index contributed by atoms with van der Waals surface area (Å²) in [5.74, 6) is 1.46. The maximum absolute atomic E-state index is 8.99. The number of aliphatic hydroxyl groups is 1. The Bertz CT molecular complexity index is 310. The molecule has 1 aromatic carbocycles. The fourth-order valence-corrected chi connectivity index (χ4v) is 1.34. The van der Waals surface area contributed by atoms with E-state index < -0.39 is 0 Å². The summed E-state index contributed by atoms with van der Waals surface area (Å²) >= 11 is 0. The number of rotatable bonds is 7. The lowest BCUT2D eigenvalue weighted by atomic mass is 10.2. The largest absolute Gasteiger partial charge is 0.494 e. The van der Waals surface area contributed by atoms with E-state index in [1.807, 2.05) is 13.0 Å². The summed E-state index contributed by atoms with van der Waals surface area (Å²) in [4.78, 5) is 0. The molecule has 0 saturated heterocycles. The predicted molar refractivity (Wildman–Crippen MR) is 63.4 cm³/mol. The normalized spacial score (nSPS) is 10.2. The van der Waals surface area contributed by atoms with Gasteiger partial charge in [-0.1, -0.05) is 13.3 Å². The van der Waals surface area contributed by atoms with Crippen LogP contribution in [-0.4, -0.2) is 18.3 Å². The Hall–Kier alpha value is -1.22. The van der Waals surface area contributed by atoms with Crippen molar-refractivity contribution in [2.75, 3.05) is 13.2 Å². The van der Waals surface area contributed by atoms with Gasteiger partial charge in [0.2, 0.25) is 0 Å². The van der Waals surface area contributed by atoms with E-state index in [1.165, 1.54) is 0 Å². The van der Waals surface area contributed by atoms with Crippen LogP contribution in [-0.2, 0) is 0 Å². The van der Waals surface area contributed by atoms with E-state index in [1.54, 1.807) is 12.1 Å². The molecule has 1 N–H and O–H groups in total. The minimum atomic E-state index is 0.600. The van der Waals surface area contributed by atoms with Crippen LogP contribution in [0.25, 0.3) is 0 Å². The van der Waals surface area contributed by atoms with Crippen LogP contribution in [0, 0.1) is 6.61 Å². The molecule has 1 radical (unpaired) electrons. The molecule has 0 unspecified atom stereocenters. The van der Waals surface area contributed by atoms with E-state index in [0.29, 0.717) is 18.8 Å². The van der Waals surface area contributed by atoms with Crippen LogP contribution in [0.4, 0.5) is 0 Å². The van der Waals surface area contributed by atoms with Crippen molar-refractivity contribution >= 4 is 0 Å². The number of hydrogen-bond donors (Lipinski definition) is 1. The van der Waals surface area contributed by atoms with Crippen LogP contribution in [0.5, 0.6) is 11.5 Å². The first-order chi connectivity index (χ1) is 7.80. The van der Waals surface area contributed by atoms with Gasteiger partial charge in [0.05, 0.1) is 13.2 Å². The lowest BCUT2D eigenvalue weighted by Gasteiger charge is -2.10. The van der Waals surface area contributed by atoms with Gasteiger partial charge in [-0.05, 0) is 31.0 Å². The highest BCUT2D eigenvalue weighted by molar-refractivity contribution is 5.40. The molecule has 0 amide bonds. The molecule has 0 aliphatic carbocycles. The van der Waals surface area contributed by atoms with Gasteiger partial charge in [-0.25, -0.2) is 0 Å².